The number of amides is 1. The number of phenolic OH excluding ortho intramolecular Hbond substituents is 1. The number of halogens is 1. The van der Waals surface area contributed by atoms with Gasteiger partial charge in [0.15, 0.2) is 0 Å². The van der Waals surface area contributed by atoms with E-state index in [1.54, 1.807) is 31.2 Å². The maximum absolute atomic E-state index is 12.4. The van der Waals surface area contributed by atoms with Gasteiger partial charge >= 0.3 is 0 Å². The third-order valence-corrected chi connectivity index (χ3v) is 5.22. The molecule has 6 nitrogen and oxygen atoms in total. The van der Waals surface area contributed by atoms with E-state index in [9.17, 15) is 9.90 Å². The molecule has 2 aromatic heterocycles. The summed E-state index contributed by atoms with van der Waals surface area (Å²) in [7, 11) is 0. The molecule has 1 amide bonds. The summed E-state index contributed by atoms with van der Waals surface area (Å²) in [6, 6.07) is 18.0. The fourth-order valence-corrected chi connectivity index (χ4v) is 3.80. The van der Waals surface area contributed by atoms with E-state index in [1.165, 1.54) is 17.4 Å². The van der Waals surface area contributed by atoms with Gasteiger partial charge in [0.1, 0.15) is 15.9 Å². The van der Waals surface area contributed by atoms with Crippen LogP contribution in [-0.2, 0) is 0 Å². The Morgan fingerprint density at radius 2 is 1.76 bits per heavy atom. The molecule has 29 heavy (non-hydrogen) atoms. The monoisotopic (exact) mass is 422 g/mol. The first-order valence-electron chi connectivity index (χ1n) is 8.67. The number of nitrogens with one attached hydrogen (secondary N) is 1. The lowest BCUT2D eigenvalue weighted by molar-refractivity contribution is 0.102. The van der Waals surface area contributed by atoms with Crippen molar-refractivity contribution in [2.75, 3.05) is 5.32 Å². The van der Waals surface area contributed by atoms with E-state index in [0.717, 1.165) is 16.7 Å². The lowest BCUT2D eigenvalue weighted by Gasteiger charge is -2.03. The Kier molecular flexibility index (Phi) is 5.24. The Labute approximate surface area is 175 Å². The van der Waals surface area contributed by atoms with Gasteiger partial charge < -0.3 is 5.11 Å². The van der Waals surface area contributed by atoms with E-state index in [2.05, 4.69) is 20.5 Å². The molecule has 0 saturated carbocycles. The van der Waals surface area contributed by atoms with Gasteiger partial charge in [-0.05, 0) is 42.3 Å². The third-order valence-electron chi connectivity index (χ3n) is 4.14. The number of nitrogens with zero attached hydrogens (tertiary/aromatic N) is 3. The predicted octanol–water partition coefficient (Wildman–Crippen LogP) is 5.19. The van der Waals surface area contributed by atoms with Crippen molar-refractivity contribution in [1.82, 2.24) is 15.2 Å². The summed E-state index contributed by atoms with van der Waals surface area (Å²) < 4.78 is 0. The number of benzene rings is 2. The summed E-state index contributed by atoms with van der Waals surface area (Å²) in [5, 5.41) is 21.9. The Morgan fingerprint density at radius 3 is 2.48 bits per heavy atom. The highest BCUT2D eigenvalue weighted by Crippen LogP contribution is 2.30. The van der Waals surface area contributed by atoms with Crippen molar-refractivity contribution in [2.45, 2.75) is 6.92 Å². The van der Waals surface area contributed by atoms with E-state index in [-0.39, 0.29) is 16.8 Å². The van der Waals surface area contributed by atoms with Crippen LogP contribution in [0.1, 0.15) is 16.1 Å². The van der Waals surface area contributed by atoms with Gasteiger partial charge in [0.25, 0.3) is 5.91 Å². The maximum atomic E-state index is 12.4. The van der Waals surface area contributed by atoms with Crippen LogP contribution in [0.4, 0.5) is 5.13 Å². The molecule has 8 heteroatoms. The molecule has 0 atom stereocenters. The van der Waals surface area contributed by atoms with Gasteiger partial charge in [-0.2, -0.15) is 0 Å². The normalized spacial score (nSPS) is 10.7. The topological polar surface area (TPSA) is 88.0 Å². The van der Waals surface area contributed by atoms with Crippen LogP contribution in [0.2, 0.25) is 5.15 Å². The molecular weight excluding hydrogens is 408 g/mol. The van der Waals surface area contributed by atoms with Gasteiger partial charge in [0.05, 0.1) is 0 Å². The zero-order valence-corrected chi connectivity index (χ0v) is 16.8. The molecule has 0 fully saturated rings. The van der Waals surface area contributed by atoms with Crippen LogP contribution in [0.3, 0.4) is 0 Å². The summed E-state index contributed by atoms with van der Waals surface area (Å²) >= 11 is 7.20. The average molecular weight is 423 g/mol. The first kappa shape index (κ1) is 19.0. The number of aromatic hydroxyl groups is 1. The van der Waals surface area contributed by atoms with E-state index in [4.69, 9.17) is 11.6 Å². The van der Waals surface area contributed by atoms with Gasteiger partial charge in [-0.25, -0.2) is 4.98 Å². The first-order valence-corrected chi connectivity index (χ1v) is 9.86. The third kappa shape index (κ3) is 4.42. The van der Waals surface area contributed by atoms with E-state index >= 15 is 0 Å². The minimum atomic E-state index is -0.320. The van der Waals surface area contributed by atoms with Crippen molar-refractivity contribution in [2.24, 2.45) is 0 Å². The molecule has 4 aromatic rings. The molecule has 0 aliphatic carbocycles. The number of pyridine rings is 1. The molecule has 0 radical (unpaired) electrons. The molecule has 0 bridgehead atoms. The van der Waals surface area contributed by atoms with Crippen LogP contribution in [0.15, 0.2) is 60.7 Å². The van der Waals surface area contributed by atoms with E-state index in [1.807, 2.05) is 30.3 Å². The molecule has 0 spiro atoms. The zero-order chi connectivity index (χ0) is 20.4. The predicted molar refractivity (Wildman–Crippen MR) is 114 cm³/mol. The van der Waals surface area contributed by atoms with E-state index < -0.39 is 0 Å². The number of carbonyl (C=O) groups excluding carboxylic acids is 1. The van der Waals surface area contributed by atoms with Crippen LogP contribution in [0.25, 0.3) is 21.7 Å². The fourth-order valence-electron chi connectivity index (χ4n) is 2.81. The van der Waals surface area contributed by atoms with Gasteiger partial charge in [0.2, 0.25) is 5.13 Å². The standard InChI is InChI=1S/C21H15ClN4O2S/c1-12-9-16(11-18(22)23-12)19(28)24-21-26-25-20(29-21)14-7-5-13(6-8-14)15-3-2-4-17(27)10-15/h2-11,27H,1H3,(H,24,26,28). The van der Waals surface area contributed by atoms with Crippen molar-refractivity contribution in [1.29, 1.82) is 0 Å². The zero-order valence-electron chi connectivity index (χ0n) is 15.3. The number of aromatic nitrogens is 3. The Hall–Kier alpha value is -3.29. The molecular formula is C21H15ClN4O2S. The lowest BCUT2D eigenvalue weighted by atomic mass is 10.0. The minimum Gasteiger partial charge on any atom is -0.508 e. The summed E-state index contributed by atoms with van der Waals surface area (Å²) in [5.41, 5.74) is 3.86. The van der Waals surface area contributed by atoms with Gasteiger partial charge in [-0.15, -0.1) is 10.2 Å². The quantitative estimate of drug-likeness (QED) is 0.442. The number of phenols is 1. The van der Waals surface area contributed by atoms with Crippen molar-refractivity contribution >= 4 is 34.0 Å². The van der Waals surface area contributed by atoms with Crippen molar-refractivity contribution in [3.05, 3.63) is 77.1 Å². The van der Waals surface area contributed by atoms with Gasteiger partial charge in [0, 0.05) is 16.8 Å². The molecule has 144 valence electrons. The maximum Gasteiger partial charge on any atom is 0.257 e. The number of hydrogen-bond acceptors (Lipinski definition) is 6. The highest BCUT2D eigenvalue weighted by atomic mass is 35.5. The molecule has 0 aliphatic heterocycles. The highest BCUT2D eigenvalue weighted by Gasteiger charge is 2.13. The summed E-state index contributed by atoms with van der Waals surface area (Å²) in [4.78, 5) is 16.5. The second-order valence-corrected chi connectivity index (χ2v) is 7.68. The number of anilines is 1. The van der Waals surface area contributed by atoms with Crippen LogP contribution >= 0.6 is 22.9 Å². The molecule has 0 aliphatic rings. The minimum absolute atomic E-state index is 0.224. The number of carbonyl (C=O) groups is 1. The summed E-state index contributed by atoms with van der Waals surface area (Å²) in [6.07, 6.45) is 0. The highest BCUT2D eigenvalue weighted by molar-refractivity contribution is 7.18. The smallest absolute Gasteiger partial charge is 0.257 e. The molecule has 0 saturated heterocycles. The molecule has 2 N–H and O–H groups in total. The molecule has 2 aromatic carbocycles. The molecule has 4 rings (SSSR count). The van der Waals surface area contributed by atoms with Gasteiger partial charge in [-0.1, -0.05) is 59.3 Å². The fraction of sp³-hybridized carbons (Fsp3) is 0.0476. The Morgan fingerprint density at radius 1 is 1.00 bits per heavy atom. The Bertz CT molecular complexity index is 1170. The number of hydrogen-bond donors (Lipinski definition) is 2. The van der Waals surface area contributed by atoms with Crippen LogP contribution in [0.5, 0.6) is 5.75 Å². The van der Waals surface area contributed by atoms with Crippen molar-refractivity contribution < 1.29 is 9.90 Å². The van der Waals surface area contributed by atoms with Crippen molar-refractivity contribution in [3.8, 4) is 27.4 Å². The van der Waals surface area contributed by atoms with Crippen LogP contribution < -0.4 is 5.32 Å². The van der Waals surface area contributed by atoms with Crippen LogP contribution in [-0.4, -0.2) is 26.2 Å². The average Bonchev–Trinajstić information content (AvgIpc) is 3.16. The second kappa shape index (κ2) is 7.98. The Balaban J connectivity index is 1.51. The molecule has 2 heterocycles. The second-order valence-electron chi connectivity index (χ2n) is 6.31. The van der Waals surface area contributed by atoms with Crippen LogP contribution in [0, 0.1) is 6.92 Å². The molecule has 0 unspecified atom stereocenters. The first-order chi connectivity index (χ1) is 14.0. The largest absolute Gasteiger partial charge is 0.508 e. The van der Waals surface area contributed by atoms with E-state index in [0.29, 0.717) is 21.4 Å². The number of aryl methyl sites for hydroxylation is 1. The summed E-state index contributed by atoms with van der Waals surface area (Å²) in [5.74, 6) is -0.0962. The summed E-state index contributed by atoms with van der Waals surface area (Å²) in [6.45, 7) is 1.77. The number of rotatable bonds is 4. The lowest BCUT2D eigenvalue weighted by Crippen LogP contribution is -2.12. The SMILES string of the molecule is Cc1cc(C(=O)Nc2nnc(-c3ccc(-c4cccc(O)c4)cc3)s2)cc(Cl)n1. The van der Waals surface area contributed by atoms with Crippen molar-refractivity contribution in [3.63, 3.8) is 0 Å². The van der Waals surface area contributed by atoms with Gasteiger partial charge in [-0.3, -0.25) is 10.1 Å².